The van der Waals surface area contributed by atoms with E-state index in [4.69, 9.17) is 0 Å². The first-order valence-corrected chi connectivity index (χ1v) is 10.2. The smallest absolute Gasteiger partial charge is 0.265 e. The lowest BCUT2D eigenvalue weighted by Crippen LogP contribution is -2.46. The van der Waals surface area contributed by atoms with Gasteiger partial charge >= 0.3 is 0 Å². The second-order valence-electron chi connectivity index (χ2n) is 6.82. The van der Waals surface area contributed by atoms with Crippen LogP contribution in [0.25, 0.3) is 10.8 Å². The normalized spacial score (nSPS) is 15.7. The summed E-state index contributed by atoms with van der Waals surface area (Å²) >= 11 is 0. The van der Waals surface area contributed by atoms with Gasteiger partial charge in [-0.1, -0.05) is 54.1 Å². The highest BCUT2D eigenvalue weighted by molar-refractivity contribution is 7.93. The average Bonchev–Trinajstić information content (AvgIpc) is 2.88. The summed E-state index contributed by atoms with van der Waals surface area (Å²) in [5.74, 6) is -0.329. The quantitative estimate of drug-likeness (QED) is 0.755. The van der Waals surface area contributed by atoms with E-state index >= 15 is 0 Å². The maximum absolute atomic E-state index is 13.1. The summed E-state index contributed by atoms with van der Waals surface area (Å²) in [6.07, 6.45) is 0. The topological polar surface area (TPSA) is 66.5 Å². The zero-order chi connectivity index (χ0) is 19.2. The van der Waals surface area contributed by atoms with Crippen LogP contribution >= 0.6 is 0 Å². The van der Waals surface area contributed by atoms with Crippen molar-refractivity contribution in [2.24, 2.45) is 0 Å². The third kappa shape index (κ3) is 2.86. The molecular formula is C21H20N2O3S. The van der Waals surface area contributed by atoms with Crippen LogP contribution in [-0.4, -0.2) is 20.4 Å². The van der Waals surface area contributed by atoms with Gasteiger partial charge in [0.2, 0.25) is 5.91 Å². The van der Waals surface area contributed by atoms with Crippen LogP contribution in [0.4, 0.5) is 5.69 Å². The molecule has 1 aliphatic rings. The first kappa shape index (κ1) is 17.5. The Balaban J connectivity index is 1.63. The molecule has 0 spiro atoms. The molecule has 1 amide bonds. The Labute approximate surface area is 158 Å². The number of hydrogen-bond donors (Lipinski definition) is 1. The van der Waals surface area contributed by atoms with Crippen molar-refractivity contribution in [1.82, 2.24) is 5.32 Å². The SMILES string of the molecule is Cc1cccc(CNC(=O)[C@@H](C)N2c3cccc4cccc(c34)S2(=O)=O)c1. The standard InChI is InChI=1S/C21H20N2O3S/c1-14-6-3-7-16(12-14)13-22-21(24)15(2)23-18-10-4-8-17-9-5-11-19(20(17)18)27(23,25)26/h3-12,15H,13H2,1-2H3,(H,22,24)/t15-/m1/s1. The predicted octanol–water partition coefficient (Wildman–Crippen LogP) is 3.36. The lowest BCUT2D eigenvalue weighted by molar-refractivity contribution is -0.122. The summed E-state index contributed by atoms with van der Waals surface area (Å²) < 4.78 is 27.4. The molecule has 27 heavy (non-hydrogen) atoms. The fourth-order valence-corrected chi connectivity index (χ4v) is 5.47. The number of hydrogen-bond acceptors (Lipinski definition) is 3. The molecule has 0 bridgehead atoms. The number of sulfonamides is 1. The molecule has 3 aromatic carbocycles. The van der Waals surface area contributed by atoms with E-state index in [-0.39, 0.29) is 10.8 Å². The van der Waals surface area contributed by atoms with Crippen molar-refractivity contribution in [3.05, 3.63) is 71.8 Å². The minimum atomic E-state index is -3.76. The van der Waals surface area contributed by atoms with Gasteiger partial charge in [0.05, 0.1) is 10.6 Å². The van der Waals surface area contributed by atoms with Crippen molar-refractivity contribution in [2.75, 3.05) is 4.31 Å². The minimum Gasteiger partial charge on any atom is -0.350 e. The lowest BCUT2D eigenvalue weighted by Gasteiger charge is -2.25. The molecule has 0 aliphatic carbocycles. The highest BCUT2D eigenvalue weighted by Crippen LogP contribution is 2.43. The molecule has 1 atom stereocenters. The molecule has 1 N–H and O–H groups in total. The van der Waals surface area contributed by atoms with E-state index in [2.05, 4.69) is 5.32 Å². The molecule has 0 saturated carbocycles. The van der Waals surface area contributed by atoms with Crippen LogP contribution in [0.2, 0.25) is 0 Å². The van der Waals surface area contributed by atoms with E-state index in [1.807, 2.05) is 49.4 Å². The molecule has 0 fully saturated rings. The summed E-state index contributed by atoms with van der Waals surface area (Å²) in [5, 5.41) is 4.38. The van der Waals surface area contributed by atoms with Crippen molar-refractivity contribution < 1.29 is 13.2 Å². The summed E-state index contributed by atoms with van der Waals surface area (Å²) in [4.78, 5) is 13.0. The van der Waals surface area contributed by atoms with Gasteiger partial charge in [-0.2, -0.15) is 0 Å². The molecule has 1 heterocycles. The van der Waals surface area contributed by atoms with Crippen molar-refractivity contribution in [3.63, 3.8) is 0 Å². The van der Waals surface area contributed by atoms with Gasteiger partial charge in [0.15, 0.2) is 0 Å². The number of aryl methyl sites for hydroxylation is 1. The fourth-order valence-electron chi connectivity index (χ4n) is 3.60. The molecule has 1 aliphatic heterocycles. The highest BCUT2D eigenvalue weighted by Gasteiger charge is 2.40. The van der Waals surface area contributed by atoms with Crippen LogP contribution in [0.1, 0.15) is 18.1 Å². The number of nitrogens with zero attached hydrogens (tertiary/aromatic N) is 1. The van der Waals surface area contributed by atoms with Gasteiger partial charge in [-0.15, -0.1) is 0 Å². The van der Waals surface area contributed by atoms with Gasteiger partial charge in [0, 0.05) is 11.9 Å². The third-order valence-electron chi connectivity index (χ3n) is 4.90. The number of benzene rings is 3. The van der Waals surface area contributed by atoms with Crippen LogP contribution in [-0.2, 0) is 21.4 Å². The van der Waals surface area contributed by atoms with Crippen LogP contribution in [0.5, 0.6) is 0 Å². The van der Waals surface area contributed by atoms with Gasteiger partial charge in [0.1, 0.15) is 6.04 Å². The second kappa shape index (κ2) is 6.39. The average molecular weight is 380 g/mol. The van der Waals surface area contributed by atoms with E-state index in [9.17, 15) is 13.2 Å². The number of amides is 1. The van der Waals surface area contributed by atoms with E-state index in [0.717, 1.165) is 16.5 Å². The predicted molar refractivity (Wildman–Crippen MR) is 106 cm³/mol. The van der Waals surface area contributed by atoms with Gasteiger partial charge in [-0.25, -0.2) is 8.42 Å². The molecule has 0 saturated heterocycles. The molecular weight excluding hydrogens is 360 g/mol. The largest absolute Gasteiger partial charge is 0.350 e. The molecule has 4 rings (SSSR count). The van der Waals surface area contributed by atoms with Crippen LogP contribution in [0.3, 0.4) is 0 Å². The van der Waals surface area contributed by atoms with Crippen molar-refractivity contribution in [3.8, 4) is 0 Å². The van der Waals surface area contributed by atoms with Crippen LogP contribution in [0.15, 0.2) is 65.6 Å². The second-order valence-corrected chi connectivity index (χ2v) is 8.60. The molecule has 3 aromatic rings. The van der Waals surface area contributed by atoms with Crippen molar-refractivity contribution in [1.29, 1.82) is 0 Å². The third-order valence-corrected chi connectivity index (χ3v) is 6.83. The zero-order valence-electron chi connectivity index (χ0n) is 15.1. The molecule has 6 heteroatoms. The van der Waals surface area contributed by atoms with Crippen molar-refractivity contribution >= 4 is 32.4 Å². The molecule has 5 nitrogen and oxygen atoms in total. The van der Waals surface area contributed by atoms with E-state index in [1.54, 1.807) is 25.1 Å². The van der Waals surface area contributed by atoms with Gasteiger partial charge in [-0.3, -0.25) is 9.10 Å². The number of rotatable bonds is 4. The number of carbonyl (C=O) groups is 1. The van der Waals surface area contributed by atoms with Gasteiger partial charge < -0.3 is 5.32 Å². The van der Waals surface area contributed by atoms with Gasteiger partial charge in [-0.05, 0) is 36.9 Å². The summed E-state index contributed by atoms with van der Waals surface area (Å²) in [7, 11) is -3.76. The Morgan fingerprint density at radius 2 is 1.78 bits per heavy atom. The number of carbonyl (C=O) groups excluding carboxylic acids is 1. The number of nitrogens with one attached hydrogen (secondary N) is 1. The maximum atomic E-state index is 13.1. The molecule has 138 valence electrons. The zero-order valence-corrected chi connectivity index (χ0v) is 16.0. The summed E-state index contributed by atoms with van der Waals surface area (Å²) in [6.45, 7) is 3.96. The monoisotopic (exact) mass is 380 g/mol. The first-order valence-electron chi connectivity index (χ1n) is 8.79. The van der Waals surface area contributed by atoms with Crippen molar-refractivity contribution in [2.45, 2.75) is 31.3 Å². The highest BCUT2D eigenvalue weighted by atomic mass is 32.2. The van der Waals surface area contributed by atoms with Gasteiger partial charge in [0.25, 0.3) is 10.0 Å². The Bertz CT molecular complexity index is 1150. The minimum absolute atomic E-state index is 0.258. The maximum Gasteiger partial charge on any atom is 0.265 e. The molecule has 0 radical (unpaired) electrons. The van der Waals surface area contributed by atoms with E-state index < -0.39 is 16.1 Å². The Hall–Kier alpha value is -2.86. The van der Waals surface area contributed by atoms with Crippen LogP contribution < -0.4 is 9.62 Å². The van der Waals surface area contributed by atoms with E-state index in [1.165, 1.54) is 4.31 Å². The molecule has 0 aromatic heterocycles. The Kier molecular flexibility index (Phi) is 4.15. The van der Waals surface area contributed by atoms with Crippen LogP contribution in [0, 0.1) is 6.92 Å². The summed E-state index contributed by atoms with van der Waals surface area (Å²) in [5.41, 5.74) is 2.64. The number of anilines is 1. The lowest BCUT2D eigenvalue weighted by atomic mass is 10.1. The molecule has 0 unspecified atom stereocenters. The first-order chi connectivity index (χ1) is 12.9. The Morgan fingerprint density at radius 3 is 2.52 bits per heavy atom. The summed E-state index contributed by atoms with van der Waals surface area (Å²) in [6, 6.07) is 17.6. The van der Waals surface area contributed by atoms with E-state index in [0.29, 0.717) is 17.6 Å². The fraction of sp³-hybridized carbons (Fsp3) is 0.190. The Morgan fingerprint density at radius 1 is 1.07 bits per heavy atom.